The number of pyridine rings is 1. The molecule has 0 bridgehead atoms. The van der Waals surface area contributed by atoms with E-state index in [4.69, 9.17) is 10.5 Å². The van der Waals surface area contributed by atoms with Gasteiger partial charge < -0.3 is 10.5 Å². The van der Waals surface area contributed by atoms with Gasteiger partial charge in [0.05, 0.1) is 18.0 Å². The molecule has 2 aromatic rings. The first-order valence-corrected chi connectivity index (χ1v) is 7.73. The number of nitrogens with two attached hydrogens (primary N) is 1. The summed E-state index contributed by atoms with van der Waals surface area (Å²) in [7, 11) is 0. The number of aryl methyl sites for hydroxylation is 2. The van der Waals surface area contributed by atoms with Crippen LogP contribution in [-0.4, -0.2) is 23.3 Å². The van der Waals surface area contributed by atoms with Crippen LogP contribution in [0, 0.1) is 6.92 Å². The maximum absolute atomic E-state index is 12.1. The second-order valence-electron chi connectivity index (χ2n) is 5.11. The van der Waals surface area contributed by atoms with Gasteiger partial charge in [-0.25, -0.2) is 9.78 Å². The molecule has 0 atom stereocenters. The van der Waals surface area contributed by atoms with Crippen LogP contribution in [0.4, 0.5) is 5.69 Å². The van der Waals surface area contributed by atoms with Gasteiger partial charge >= 0.3 is 5.97 Å². The third-order valence-electron chi connectivity index (χ3n) is 3.73. The lowest BCUT2D eigenvalue weighted by Gasteiger charge is -2.12. The number of rotatable bonds is 2. The van der Waals surface area contributed by atoms with E-state index in [0.717, 1.165) is 20.7 Å². The summed E-state index contributed by atoms with van der Waals surface area (Å²) in [5, 5.41) is 0.830. The Morgan fingerprint density at radius 2 is 2.19 bits per heavy atom. The molecule has 0 unspecified atom stereocenters. The molecule has 2 N–H and O–H groups in total. The summed E-state index contributed by atoms with van der Waals surface area (Å²) in [5.74, 6) is -0.191. The first-order chi connectivity index (χ1) is 10.0. The van der Waals surface area contributed by atoms with Crippen LogP contribution in [-0.2, 0) is 22.4 Å². The minimum atomic E-state index is -0.436. The van der Waals surface area contributed by atoms with Crippen LogP contribution in [0.2, 0.25) is 0 Å². The number of esters is 1. The number of anilines is 1. The average Bonchev–Trinajstić information content (AvgIpc) is 2.75. The molecule has 0 aromatic carbocycles. The van der Waals surface area contributed by atoms with Crippen molar-refractivity contribution in [2.75, 3.05) is 12.3 Å². The van der Waals surface area contributed by atoms with Crippen molar-refractivity contribution < 1.29 is 14.3 Å². The van der Waals surface area contributed by atoms with E-state index in [1.165, 1.54) is 11.3 Å². The van der Waals surface area contributed by atoms with E-state index >= 15 is 0 Å². The van der Waals surface area contributed by atoms with E-state index < -0.39 is 5.97 Å². The van der Waals surface area contributed by atoms with Gasteiger partial charge in [-0.15, -0.1) is 11.3 Å². The number of Topliss-reactive ketones (excluding diaryl/α,β-unsaturated/α-hetero) is 1. The lowest BCUT2D eigenvalue weighted by Crippen LogP contribution is -2.13. The zero-order valence-electron chi connectivity index (χ0n) is 12.0. The Morgan fingerprint density at radius 1 is 1.43 bits per heavy atom. The standard InChI is InChI=1S/C15H16N2O3S/c1-3-20-15(19)11-7(2)17-14-12(13(11)16)9-5-4-8(18)6-10(9)21-14/h3-6H2,1-2H3,(H2,16,17). The summed E-state index contributed by atoms with van der Waals surface area (Å²) < 4.78 is 5.07. The molecule has 1 aliphatic carbocycles. The minimum Gasteiger partial charge on any atom is -0.462 e. The summed E-state index contributed by atoms with van der Waals surface area (Å²) >= 11 is 1.50. The van der Waals surface area contributed by atoms with Crippen LogP contribution < -0.4 is 5.73 Å². The van der Waals surface area contributed by atoms with Crippen LogP contribution in [0.25, 0.3) is 10.2 Å². The van der Waals surface area contributed by atoms with Gasteiger partial charge in [-0.2, -0.15) is 0 Å². The topological polar surface area (TPSA) is 82.3 Å². The molecule has 2 heterocycles. The molecule has 0 amide bonds. The molecule has 6 heteroatoms. The van der Waals surface area contributed by atoms with Crippen molar-refractivity contribution >= 4 is 39.0 Å². The van der Waals surface area contributed by atoms with Gasteiger partial charge in [0.1, 0.15) is 16.2 Å². The second-order valence-corrected chi connectivity index (χ2v) is 6.19. The number of fused-ring (bicyclic) bond motifs is 3. The Balaban J connectivity index is 2.24. The molecule has 0 fully saturated rings. The fourth-order valence-corrected chi connectivity index (χ4v) is 4.09. The van der Waals surface area contributed by atoms with E-state index in [-0.39, 0.29) is 5.78 Å². The Labute approximate surface area is 126 Å². The Hall–Kier alpha value is -1.95. The number of thiophene rings is 1. The summed E-state index contributed by atoms with van der Waals surface area (Å²) in [6.45, 7) is 3.81. The van der Waals surface area contributed by atoms with Gasteiger partial charge in [-0.05, 0) is 25.8 Å². The molecule has 0 radical (unpaired) electrons. The highest BCUT2D eigenvalue weighted by Gasteiger charge is 2.26. The summed E-state index contributed by atoms with van der Waals surface area (Å²) in [4.78, 5) is 30.0. The highest BCUT2D eigenvalue weighted by Crippen LogP contribution is 2.39. The average molecular weight is 304 g/mol. The van der Waals surface area contributed by atoms with Gasteiger partial charge in [-0.3, -0.25) is 4.79 Å². The van der Waals surface area contributed by atoms with Gasteiger partial charge in [0.2, 0.25) is 0 Å². The minimum absolute atomic E-state index is 0.245. The van der Waals surface area contributed by atoms with Crippen molar-refractivity contribution in [1.29, 1.82) is 0 Å². The normalized spacial score (nSPS) is 14.3. The van der Waals surface area contributed by atoms with Crippen LogP contribution >= 0.6 is 11.3 Å². The van der Waals surface area contributed by atoms with Crippen LogP contribution in [0.5, 0.6) is 0 Å². The van der Waals surface area contributed by atoms with E-state index in [1.54, 1.807) is 13.8 Å². The van der Waals surface area contributed by atoms with E-state index in [9.17, 15) is 9.59 Å². The number of ketones is 1. The van der Waals surface area contributed by atoms with Crippen molar-refractivity contribution in [2.24, 2.45) is 0 Å². The highest BCUT2D eigenvalue weighted by atomic mass is 32.1. The van der Waals surface area contributed by atoms with Crippen LogP contribution in [0.15, 0.2) is 0 Å². The van der Waals surface area contributed by atoms with E-state index in [1.807, 2.05) is 0 Å². The number of nitrogens with zero attached hydrogens (tertiary/aromatic N) is 1. The fraction of sp³-hybridized carbons (Fsp3) is 0.400. The lowest BCUT2D eigenvalue weighted by atomic mass is 9.94. The third-order valence-corrected chi connectivity index (χ3v) is 4.86. The first kappa shape index (κ1) is 14.0. The number of hydrogen-bond donors (Lipinski definition) is 1. The number of carbonyl (C=O) groups is 2. The largest absolute Gasteiger partial charge is 0.462 e. The zero-order chi connectivity index (χ0) is 15.1. The Morgan fingerprint density at radius 3 is 2.90 bits per heavy atom. The van der Waals surface area contributed by atoms with Crippen molar-refractivity contribution in [2.45, 2.75) is 33.1 Å². The molecule has 21 heavy (non-hydrogen) atoms. The molecular formula is C15H16N2O3S. The van der Waals surface area contributed by atoms with Crippen molar-refractivity contribution in [3.8, 4) is 0 Å². The summed E-state index contributed by atoms with van der Waals surface area (Å²) in [6.07, 6.45) is 1.65. The van der Waals surface area contributed by atoms with Crippen molar-refractivity contribution in [3.05, 3.63) is 21.7 Å². The van der Waals surface area contributed by atoms with Gasteiger partial charge in [0, 0.05) is 23.1 Å². The maximum atomic E-state index is 12.1. The molecule has 110 valence electrons. The molecular weight excluding hydrogens is 288 g/mol. The number of aromatic nitrogens is 1. The first-order valence-electron chi connectivity index (χ1n) is 6.92. The predicted octanol–water partition coefficient (Wildman–Crippen LogP) is 2.42. The quantitative estimate of drug-likeness (QED) is 0.862. The van der Waals surface area contributed by atoms with E-state index in [0.29, 0.717) is 42.8 Å². The van der Waals surface area contributed by atoms with Gasteiger partial charge in [-0.1, -0.05) is 0 Å². The smallest absolute Gasteiger partial charge is 0.342 e. The molecule has 5 nitrogen and oxygen atoms in total. The lowest BCUT2D eigenvalue weighted by molar-refractivity contribution is -0.118. The van der Waals surface area contributed by atoms with E-state index in [2.05, 4.69) is 4.98 Å². The molecule has 0 saturated heterocycles. The van der Waals surface area contributed by atoms with Crippen LogP contribution in [0.1, 0.15) is 39.8 Å². The monoisotopic (exact) mass is 304 g/mol. The van der Waals surface area contributed by atoms with Crippen molar-refractivity contribution in [1.82, 2.24) is 4.98 Å². The number of carbonyl (C=O) groups excluding carboxylic acids is 2. The second kappa shape index (κ2) is 5.11. The van der Waals surface area contributed by atoms with Crippen LogP contribution in [0.3, 0.4) is 0 Å². The highest BCUT2D eigenvalue weighted by molar-refractivity contribution is 7.19. The molecule has 0 aliphatic heterocycles. The SMILES string of the molecule is CCOC(=O)c1c(C)nc2sc3c(c2c1N)CCC(=O)C3. The zero-order valence-corrected chi connectivity index (χ0v) is 12.8. The number of hydrogen-bond acceptors (Lipinski definition) is 6. The molecule has 1 aliphatic rings. The molecule has 3 rings (SSSR count). The molecule has 0 spiro atoms. The Bertz CT molecular complexity index is 764. The van der Waals surface area contributed by atoms with Gasteiger partial charge in [0.15, 0.2) is 0 Å². The number of ether oxygens (including phenoxy) is 1. The maximum Gasteiger partial charge on any atom is 0.342 e. The number of nitrogen functional groups attached to an aromatic ring is 1. The summed E-state index contributed by atoms with van der Waals surface area (Å²) in [5.41, 5.74) is 8.66. The predicted molar refractivity (Wildman–Crippen MR) is 81.8 cm³/mol. The van der Waals surface area contributed by atoms with Crippen molar-refractivity contribution in [3.63, 3.8) is 0 Å². The van der Waals surface area contributed by atoms with Gasteiger partial charge in [0.25, 0.3) is 0 Å². The Kier molecular flexibility index (Phi) is 3.41. The molecule has 2 aromatic heterocycles. The summed E-state index contributed by atoms with van der Waals surface area (Å²) in [6, 6.07) is 0. The third kappa shape index (κ3) is 2.19. The fourth-order valence-electron chi connectivity index (χ4n) is 2.78. The molecule has 0 saturated carbocycles.